The van der Waals surface area contributed by atoms with E-state index in [-0.39, 0.29) is 48.1 Å². The molecule has 3 rings (SSSR count). The summed E-state index contributed by atoms with van der Waals surface area (Å²) in [7, 11) is 1.37. The van der Waals surface area contributed by atoms with Crippen molar-refractivity contribution >= 4 is 40.2 Å². The lowest BCUT2D eigenvalue weighted by molar-refractivity contribution is -0.141. The van der Waals surface area contributed by atoms with Gasteiger partial charge in [-0.15, -0.1) is 12.4 Å². The highest BCUT2D eigenvalue weighted by Crippen LogP contribution is 2.58. The number of halogens is 2. The van der Waals surface area contributed by atoms with Gasteiger partial charge in [0.2, 0.25) is 5.91 Å². The summed E-state index contributed by atoms with van der Waals surface area (Å²) in [5.41, 5.74) is 1.09. The Morgan fingerprint density at radius 3 is 2.76 bits per heavy atom. The maximum atomic E-state index is 12.7. The van der Waals surface area contributed by atoms with Gasteiger partial charge in [-0.3, -0.25) is 9.59 Å². The molecule has 1 amide bonds. The minimum atomic E-state index is -0.359. The maximum Gasteiger partial charge on any atom is 0.307 e. The van der Waals surface area contributed by atoms with Gasteiger partial charge < -0.3 is 15.4 Å². The molecule has 1 spiro atoms. The van der Waals surface area contributed by atoms with Crippen molar-refractivity contribution in [1.29, 1.82) is 0 Å². The molecule has 1 saturated heterocycles. The predicted molar refractivity (Wildman–Crippen MR) is 102 cm³/mol. The average Bonchev–Trinajstić information content (AvgIpc) is 3.27. The molecular weight excluding hydrogens is 408 g/mol. The Balaban J connectivity index is 0.00000225. The first kappa shape index (κ1) is 20.2. The molecule has 2 fully saturated rings. The number of piperidine rings is 1. The molecule has 2 unspecified atom stereocenters. The van der Waals surface area contributed by atoms with Crippen molar-refractivity contribution in [3.8, 4) is 0 Å². The molecule has 5 nitrogen and oxygen atoms in total. The molecule has 2 atom stereocenters. The van der Waals surface area contributed by atoms with Gasteiger partial charge in [0.05, 0.1) is 19.6 Å². The normalized spacial score (nSPS) is 21.8. The van der Waals surface area contributed by atoms with E-state index in [1.165, 1.54) is 7.11 Å². The van der Waals surface area contributed by atoms with Gasteiger partial charge >= 0.3 is 5.97 Å². The molecule has 1 aliphatic carbocycles. The minimum absolute atomic E-state index is 0. The number of hydrogen-bond acceptors (Lipinski definition) is 4. The predicted octanol–water partition coefficient (Wildman–Crippen LogP) is 2.98. The number of benzene rings is 1. The van der Waals surface area contributed by atoms with Crippen LogP contribution in [0.5, 0.6) is 0 Å². The Hall–Kier alpha value is -1.11. The van der Waals surface area contributed by atoms with Crippen LogP contribution in [0.4, 0.5) is 0 Å². The summed E-state index contributed by atoms with van der Waals surface area (Å²) in [6.07, 6.45) is 3.22. The number of esters is 1. The van der Waals surface area contributed by atoms with Crippen LogP contribution in [0.25, 0.3) is 0 Å². The molecular formula is C18H24BrClN2O3. The Labute approximate surface area is 162 Å². The van der Waals surface area contributed by atoms with Gasteiger partial charge in [-0.05, 0) is 55.5 Å². The first-order valence-corrected chi connectivity index (χ1v) is 9.17. The second-order valence-electron chi connectivity index (χ2n) is 6.77. The van der Waals surface area contributed by atoms with Crippen LogP contribution in [-0.2, 0) is 14.3 Å². The number of rotatable bonds is 5. The second kappa shape index (κ2) is 8.52. The molecule has 1 aliphatic heterocycles. The SMILES string of the molecule is COC(=O)CC(NC(=O)C1CC12CCNCC2)c1cccc(Br)c1.Cl. The molecule has 0 bridgehead atoms. The molecule has 25 heavy (non-hydrogen) atoms. The number of nitrogens with one attached hydrogen (secondary N) is 2. The maximum absolute atomic E-state index is 12.7. The zero-order chi connectivity index (χ0) is 17.2. The zero-order valence-electron chi connectivity index (χ0n) is 14.2. The quantitative estimate of drug-likeness (QED) is 0.703. The molecule has 1 aromatic rings. The monoisotopic (exact) mass is 430 g/mol. The van der Waals surface area contributed by atoms with Crippen LogP contribution < -0.4 is 10.6 Å². The fourth-order valence-corrected chi connectivity index (χ4v) is 4.11. The van der Waals surface area contributed by atoms with Gasteiger partial charge in [-0.25, -0.2) is 0 Å². The Bertz CT molecular complexity index is 635. The van der Waals surface area contributed by atoms with Crippen LogP contribution in [0.1, 0.15) is 37.3 Å². The highest BCUT2D eigenvalue weighted by atomic mass is 79.9. The van der Waals surface area contributed by atoms with Crippen LogP contribution in [0.15, 0.2) is 28.7 Å². The van der Waals surface area contributed by atoms with E-state index in [1.54, 1.807) is 0 Å². The number of methoxy groups -OCH3 is 1. The molecule has 0 aromatic heterocycles. The summed E-state index contributed by atoms with van der Waals surface area (Å²) in [6, 6.07) is 7.32. The standard InChI is InChI=1S/C18H23BrN2O3.ClH/c1-24-16(22)10-15(12-3-2-4-13(19)9-12)21-17(23)14-11-18(14)5-7-20-8-6-18;/h2-4,9,14-15,20H,5-8,10-11H2,1H3,(H,21,23);1H. The molecule has 1 aromatic carbocycles. The lowest BCUT2D eigenvalue weighted by Crippen LogP contribution is -2.36. The van der Waals surface area contributed by atoms with Crippen molar-refractivity contribution in [2.24, 2.45) is 11.3 Å². The second-order valence-corrected chi connectivity index (χ2v) is 7.68. The number of carbonyl (C=O) groups is 2. The van der Waals surface area contributed by atoms with E-state index < -0.39 is 0 Å². The van der Waals surface area contributed by atoms with Gasteiger partial charge in [0, 0.05) is 10.4 Å². The first-order valence-electron chi connectivity index (χ1n) is 8.37. The Morgan fingerprint density at radius 1 is 1.40 bits per heavy atom. The largest absolute Gasteiger partial charge is 0.469 e. The van der Waals surface area contributed by atoms with Gasteiger partial charge in [0.15, 0.2) is 0 Å². The van der Waals surface area contributed by atoms with Gasteiger partial charge in [-0.1, -0.05) is 28.1 Å². The number of amides is 1. The van der Waals surface area contributed by atoms with Crippen molar-refractivity contribution in [3.05, 3.63) is 34.3 Å². The van der Waals surface area contributed by atoms with E-state index in [0.29, 0.717) is 0 Å². The topological polar surface area (TPSA) is 67.4 Å². The summed E-state index contributed by atoms with van der Waals surface area (Å²) in [6.45, 7) is 1.97. The number of hydrogen-bond donors (Lipinski definition) is 2. The van der Waals surface area contributed by atoms with Crippen LogP contribution in [0.2, 0.25) is 0 Å². The first-order chi connectivity index (χ1) is 11.5. The summed E-state index contributed by atoms with van der Waals surface area (Å²) in [5, 5.41) is 6.43. The van der Waals surface area contributed by atoms with Crippen molar-refractivity contribution in [2.75, 3.05) is 20.2 Å². The summed E-state index contributed by atoms with van der Waals surface area (Å²) < 4.78 is 5.71. The van der Waals surface area contributed by atoms with E-state index in [0.717, 1.165) is 42.4 Å². The van der Waals surface area contributed by atoms with Crippen LogP contribution in [0, 0.1) is 11.3 Å². The highest BCUT2D eigenvalue weighted by molar-refractivity contribution is 9.10. The molecule has 2 aliphatic rings. The smallest absolute Gasteiger partial charge is 0.307 e. The highest BCUT2D eigenvalue weighted by Gasteiger charge is 2.57. The van der Waals surface area contributed by atoms with E-state index in [2.05, 4.69) is 26.6 Å². The van der Waals surface area contributed by atoms with Crippen LogP contribution in [-0.4, -0.2) is 32.1 Å². The molecule has 7 heteroatoms. The summed E-state index contributed by atoms with van der Waals surface area (Å²) >= 11 is 3.44. The van der Waals surface area contributed by atoms with E-state index in [1.807, 2.05) is 24.3 Å². The Morgan fingerprint density at radius 2 is 2.12 bits per heavy atom. The minimum Gasteiger partial charge on any atom is -0.469 e. The third-order valence-electron chi connectivity index (χ3n) is 5.27. The third kappa shape index (κ3) is 4.74. The molecule has 1 heterocycles. The van der Waals surface area contributed by atoms with Crippen molar-refractivity contribution in [1.82, 2.24) is 10.6 Å². The molecule has 138 valence electrons. The fraction of sp³-hybridized carbons (Fsp3) is 0.556. The molecule has 2 N–H and O–H groups in total. The number of ether oxygens (including phenoxy) is 1. The zero-order valence-corrected chi connectivity index (χ0v) is 16.6. The molecule has 0 radical (unpaired) electrons. The number of carbonyl (C=O) groups excluding carboxylic acids is 2. The van der Waals surface area contributed by atoms with Gasteiger partial charge in [0.25, 0.3) is 0 Å². The lowest BCUT2D eigenvalue weighted by Gasteiger charge is -2.24. The van der Waals surface area contributed by atoms with Crippen molar-refractivity contribution < 1.29 is 14.3 Å². The molecule has 1 saturated carbocycles. The van der Waals surface area contributed by atoms with Gasteiger partial charge in [-0.2, -0.15) is 0 Å². The summed E-state index contributed by atoms with van der Waals surface area (Å²) in [5.74, 6) is -0.190. The van der Waals surface area contributed by atoms with Crippen molar-refractivity contribution in [2.45, 2.75) is 31.7 Å². The average molecular weight is 432 g/mol. The Kier molecular flexibility index (Phi) is 6.88. The van der Waals surface area contributed by atoms with Crippen LogP contribution in [0.3, 0.4) is 0 Å². The van der Waals surface area contributed by atoms with E-state index >= 15 is 0 Å². The van der Waals surface area contributed by atoms with Crippen molar-refractivity contribution in [3.63, 3.8) is 0 Å². The van der Waals surface area contributed by atoms with Gasteiger partial charge in [0.1, 0.15) is 0 Å². The van der Waals surface area contributed by atoms with E-state index in [4.69, 9.17) is 4.74 Å². The van der Waals surface area contributed by atoms with Crippen LogP contribution >= 0.6 is 28.3 Å². The lowest BCUT2D eigenvalue weighted by atomic mass is 9.91. The summed E-state index contributed by atoms with van der Waals surface area (Å²) in [4.78, 5) is 24.5. The third-order valence-corrected chi connectivity index (χ3v) is 5.76. The van der Waals surface area contributed by atoms with E-state index in [9.17, 15) is 9.59 Å². The fourth-order valence-electron chi connectivity index (χ4n) is 3.69.